The maximum atomic E-state index is 5.90. The number of anilines is 1. The topological polar surface area (TPSA) is 64.9 Å². The average Bonchev–Trinajstić information content (AvgIpc) is 2.89. The third kappa shape index (κ3) is 2.65. The van der Waals surface area contributed by atoms with Gasteiger partial charge in [-0.3, -0.25) is 0 Å². The van der Waals surface area contributed by atoms with Crippen LogP contribution in [0.25, 0.3) is 22.8 Å². The summed E-state index contributed by atoms with van der Waals surface area (Å²) in [5.41, 5.74) is 9.37. The number of benzene rings is 2. The molecule has 0 saturated heterocycles. The first-order valence-corrected chi connectivity index (χ1v) is 5.99. The molecule has 102 valence electrons. The molecule has 2 aromatic carbocycles. The van der Waals surface area contributed by atoms with Crippen LogP contribution in [0.4, 0.5) is 5.69 Å². The normalized spacial score (nSPS) is 10.1. The summed E-state index contributed by atoms with van der Waals surface area (Å²) in [6, 6.07) is 15.4. The number of nitrogens with two attached hydrogens (primary N) is 1. The van der Waals surface area contributed by atoms with Crippen LogP contribution < -0.4 is 5.73 Å². The zero-order valence-electron chi connectivity index (χ0n) is 10.9. The first kappa shape index (κ1) is 14.1. The van der Waals surface area contributed by atoms with Gasteiger partial charge in [0.1, 0.15) is 0 Å². The monoisotopic (exact) mass is 287 g/mol. The third-order valence-corrected chi connectivity index (χ3v) is 2.89. The molecule has 0 aliphatic heterocycles. The Hall–Kier alpha value is -2.33. The summed E-state index contributed by atoms with van der Waals surface area (Å²) in [4.78, 5) is 4.39. The van der Waals surface area contributed by atoms with Gasteiger partial charge in [-0.15, -0.1) is 12.4 Å². The van der Waals surface area contributed by atoms with Crippen LogP contribution in [0.15, 0.2) is 53.1 Å². The standard InChI is InChI=1S/C15H13N3O.ClH/c1-10-5-4-6-11(9-10)14-17-15(19-18-14)12-7-2-3-8-13(12)16;/h2-9H,16H2,1H3;1H. The van der Waals surface area contributed by atoms with Gasteiger partial charge in [0.05, 0.1) is 5.56 Å². The highest BCUT2D eigenvalue weighted by Gasteiger charge is 2.12. The second-order valence-electron chi connectivity index (χ2n) is 4.38. The molecule has 1 heterocycles. The van der Waals surface area contributed by atoms with Gasteiger partial charge in [0.2, 0.25) is 5.82 Å². The Morgan fingerprint density at radius 2 is 1.85 bits per heavy atom. The molecule has 1 aromatic heterocycles. The van der Waals surface area contributed by atoms with E-state index in [0.29, 0.717) is 17.4 Å². The Morgan fingerprint density at radius 3 is 2.60 bits per heavy atom. The van der Waals surface area contributed by atoms with E-state index in [9.17, 15) is 0 Å². The zero-order chi connectivity index (χ0) is 13.2. The second kappa shape index (κ2) is 5.75. The Kier molecular flexibility index (Phi) is 4.05. The van der Waals surface area contributed by atoms with Crippen LogP contribution in [0.3, 0.4) is 0 Å². The molecule has 3 aromatic rings. The van der Waals surface area contributed by atoms with E-state index in [2.05, 4.69) is 10.1 Å². The minimum absolute atomic E-state index is 0. The van der Waals surface area contributed by atoms with Gasteiger partial charge in [-0.25, -0.2) is 0 Å². The maximum absolute atomic E-state index is 5.90. The zero-order valence-corrected chi connectivity index (χ0v) is 11.7. The molecule has 0 fully saturated rings. The van der Waals surface area contributed by atoms with Gasteiger partial charge in [0.25, 0.3) is 5.89 Å². The van der Waals surface area contributed by atoms with E-state index in [1.54, 1.807) is 0 Å². The molecule has 2 N–H and O–H groups in total. The number of hydrogen-bond donors (Lipinski definition) is 1. The molecule has 20 heavy (non-hydrogen) atoms. The molecular weight excluding hydrogens is 274 g/mol. The highest BCUT2D eigenvalue weighted by molar-refractivity contribution is 5.85. The lowest BCUT2D eigenvalue weighted by molar-refractivity contribution is 0.432. The molecule has 0 aliphatic rings. The van der Waals surface area contributed by atoms with Crippen LogP contribution in [0.2, 0.25) is 0 Å². The molecule has 0 aliphatic carbocycles. The molecule has 3 rings (SSSR count). The summed E-state index contributed by atoms with van der Waals surface area (Å²) in [6.45, 7) is 2.03. The fourth-order valence-corrected chi connectivity index (χ4v) is 1.93. The summed E-state index contributed by atoms with van der Waals surface area (Å²) in [5, 5.41) is 4.00. The van der Waals surface area contributed by atoms with Gasteiger partial charge in [-0.05, 0) is 25.1 Å². The van der Waals surface area contributed by atoms with E-state index in [-0.39, 0.29) is 12.4 Å². The van der Waals surface area contributed by atoms with E-state index < -0.39 is 0 Å². The smallest absolute Gasteiger partial charge is 0.260 e. The van der Waals surface area contributed by atoms with Crippen LogP contribution in [0.5, 0.6) is 0 Å². The highest BCUT2D eigenvalue weighted by Crippen LogP contribution is 2.26. The second-order valence-corrected chi connectivity index (χ2v) is 4.38. The van der Waals surface area contributed by atoms with Crippen LogP contribution in [0.1, 0.15) is 5.56 Å². The molecular formula is C15H14ClN3O. The Bertz CT molecular complexity index is 724. The van der Waals surface area contributed by atoms with Crippen molar-refractivity contribution in [3.05, 3.63) is 54.1 Å². The van der Waals surface area contributed by atoms with Gasteiger partial charge in [-0.1, -0.05) is 41.1 Å². The SMILES string of the molecule is Cc1cccc(-c2noc(-c3ccccc3N)n2)c1.Cl. The molecule has 0 saturated carbocycles. The van der Waals surface area contributed by atoms with Crippen molar-refractivity contribution in [3.8, 4) is 22.8 Å². The van der Waals surface area contributed by atoms with Gasteiger partial charge in [0, 0.05) is 11.3 Å². The van der Waals surface area contributed by atoms with Gasteiger partial charge in [0.15, 0.2) is 0 Å². The van der Waals surface area contributed by atoms with Crippen molar-refractivity contribution in [2.75, 3.05) is 5.73 Å². The Balaban J connectivity index is 0.00000147. The van der Waals surface area contributed by atoms with Gasteiger partial charge in [-0.2, -0.15) is 4.98 Å². The van der Waals surface area contributed by atoms with E-state index in [1.807, 2.05) is 55.5 Å². The quantitative estimate of drug-likeness (QED) is 0.730. The van der Waals surface area contributed by atoms with E-state index >= 15 is 0 Å². The van der Waals surface area contributed by atoms with Crippen LogP contribution >= 0.6 is 12.4 Å². The molecule has 0 radical (unpaired) electrons. The molecule has 0 unspecified atom stereocenters. The lowest BCUT2D eigenvalue weighted by atomic mass is 10.1. The first-order valence-electron chi connectivity index (χ1n) is 5.99. The largest absolute Gasteiger partial charge is 0.398 e. The van der Waals surface area contributed by atoms with Crippen LogP contribution in [-0.2, 0) is 0 Å². The van der Waals surface area contributed by atoms with E-state index in [4.69, 9.17) is 10.3 Å². The molecule has 0 amide bonds. The van der Waals surface area contributed by atoms with Crippen molar-refractivity contribution in [3.63, 3.8) is 0 Å². The van der Waals surface area contributed by atoms with Gasteiger partial charge < -0.3 is 10.3 Å². The summed E-state index contributed by atoms with van der Waals surface area (Å²) < 4.78 is 5.28. The number of nitrogen functional groups attached to an aromatic ring is 1. The fourth-order valence-electron chi connectivity index (χ4n) is 1.93. The number of aromatic nitrogens is 2. The number of para-hydroxylation sites is 1. The Labute approximate surface area is 123 Å². The Morgan fingerprint density at radius 1 is 1.05 bits per heavy atom. The predicted molar refractivity (Wildman–Crippen MR) is 81.6 cm³/mol. The average molecular weight is 288 g/mol. The van der Waals surface area contributed by atoms with Crippen molar-refractivity contribution < 1.29 is 4.52 Å². The van der Waals surface area contributed by atoms with Crippen molar-refractivity contribution in [2.45, 2.75) is 6.92 Å². The minimum Gasteiger partial charge on any atom is -0.398 e. The summed E-state index contributed by atoms with van der Waals surface area (Å²) in [7, 11) is 0. The van der Waals surface area contributed by atoms with Crippen molar-refractivity contribution in [1.82, 2.24) is 10.1 Å². The molecule has 0 bridgehead atoms. The van der Waals surface area contributed by atoms with E-state index in [0.717, 1.165) is 16.7 Å². The number of hydrogen-bond acceptors (Lipinski definition) is 4. The molecule has 0 atom stereocenters. The first-order chi connectivity index (χ1) is 9.24. The molecule has 5 heteroatoms. The fraction of sp³-hybridized carbons (Fsp3) is 0.0667. The summed E-state index contributed by atoms with van der Waals surface area (Å²) in [6.07, 6.45) is 0. The minimum atomic E-state index is 0. The van der Waals surface area contributed by atoms with Crippen LogP contribution in [-0.4, -0.2) is 10.1 Å². The van der Waals surface area contributed by atoms with E-state index in [1.165, 1.54) is 0 Å². The summed E-state index contributed by atoms with van der Waals surface area (Å²) >= 11 is 0. The highest BCUT2D eigenvalue weighted by atomic mass is 35.5. The summed E-state index contributed by atoms with van der Waals surface area (Å²) in [5.74, 6) is 1.01. The van der Waals surface area contributed by atoms with Gasteiger partial charge >= 0.3 is 0 Å². The number of halogens is 1. The lowest BCUT2D eigenvalue weighted by Crippen LogP contribution is -1.89. The van der Waals surface area contributed by atoms with Crippen molar-refractivity contribution >= 4 is 18.1 Å². The predicted octanol–water partition coefficient (Wildman–Crippen LogP) is 3.72. The molecule has 0 spiro atoms. The third-order valence-electron chi connectivity index (χ3n) is 2.89. The number of aryl methyl sites for hydroxylation is 1. The molecule has 4 nitrogen and oxygen atoms in total. The number of rotatable bonds is 2. The maximum Gasteiger partial charge on any atom is 0.260 e. The lowest BCUT2D eigenvalue weighted by Gasteiger charge is -1.98. The van der Waals surface area contributed by atoms with Crippen LogP contribution in [0, 0.1) is 6.92 Å². The van der Waals surface area contributed by atoms with Crippen molar-refractivity contribution in [2.24, 2.45) is 0 Å². The van der Waals surface area contributed by atoms with Crippen molar-refractivity contribution in [1.29, 1.82) is 0 Å². The number of nitrogens with zero attached hydrogens (tertiary/aromatic N) is 2.